The van der Waals surface area contributed by atoms with Crippen molar-refractivity contribution < 1.29 is 9.53 Å². The van der Waals surface area contributed by atoms with Gasteiger partial charge in [0.25, 0.3) is 0 Å². The van der Waals surface area contributed by atoms with Crippen molar-refractivity contribution in [2.24, 2.45) is 22.1 Å². The third kappa shape index (κ3) is 4.23. The van der Waals surface area contributed by atoms with Crippen LogP contribution in [0.1, 0.15) is 51.9 Å². The molecule has 25 heavy (non-hydrogen) atoms. The van der Waals surface area contributed by atoms with E-state index in [1.54, 1.807) is 0 Å². The van der Waals surface area contributed by atoms with Crippen molar-refractivity contribution in [3.8, 4) is 0 Å². The van der Waals surface area contributed by atoms with Gasteiger partial charge in [-0.2, -0.15) is 0 Å². The summed E-state index contributed by atoms with van der Waals surface area (Å²) < 4.78 is 5.94. The van der Waals surface area contributed by atoms with Crippen molar-refractivity contribution in [2.45, 2.75) is 64.0 Å². The number of likely N-dealkylation sites (tertiary alicyclic amines) is 1. The van der Waals surface area contributed by atoms with Gasteiger partial charge in [0.1, 0.15) is 0 Å². The lowest BCUT2D eigenvalue weighted by Crippen LogP contribution is -2.69. The molecule has 3 N–H and O–H groups in total. The van der Waals surface area contributed by atoms with Gasteiger partial charge >= 0.3 is 0 Å². The fourth-order valence-electron chi connectivity index (χ4n) is 4.80. The second kappa shape index (κ2) is 8.88. The first kappa shape index (κ1) is 20.7. The molecule has 3 unspecified atom stereocenters. The smallest absolute Gasteiger partial charge is 0.217 e. The molecular weight excluding hydrogens is 431 g/mol. The highest BCUT2D eigenvalue weighted by Crippen LogP contribution is 2.57. The number of hydrogen-bond donors (Lipinski definition) is 2. The number of nitrogens with zero attached hydrogens (tertiary/aromatic N) is 2. The summed E-state index contributed by atoms with van der Waals surface area (Å²) in [5.41, 5.74) is 5.70. The van der Waals surface area contributed by atoms with Crippen LogP contribution in [-0.4, -0.2) is 55.7 Å². The number of carbonyl (C=O) groups excluding carboxylic acids is 1. The van der Waals surface area contributed by atoms with E-state index < -0.39 is 0 Å². The lowest BCUT2D eigenvalue weighted by molar-refractivity contribution is -0.169. The second-order valence-electron chi connectivity index (χ2n) is 7.64. The number of amides is 1. The number of halogens is 1. The molecule has 2 saturated carbocycles. The van der Waals surface area contributed by atoms with E-state index in [2.05, 4.69) is 22.1 Å². The number of rotatable bonds is 5. The van der Waals surface area contributed by atoms with E-state index in [-0.39, 0.29) is 29.9 Å². The molecule has 6 nitrogen and oxygen atoms in total. The average Bonchev–Trinajstić information content (AvgIpc) is 2.48. The Balaban J connectivity index is 0.00000225. The van der Waals surface area contributed by atoms with Gasteiger partial charge in [0.2, 0.25) is 5.91 Å². The molecule has 0 aromatic rings. The predicted octanol–water partition coefficient (Wildman–Crippen LogP) is 2.11. The Bertz CT molecular complexity index is 495. The Kier molecular flexibility index (Phi) is 7.37. The third-order valence-electron chi connectivity index (χ3n) is 6.26. The maximum atomic E-state index is 11.2. The lowest BCUT2D eigenvalue weighted by atomic mass is 9.51. The van der Waals surface area contributed by atoms with Crippen LogP contribution in [0, 0.1) is 11.3 Å². The van der Waals surface area contributed by atoms with Crippen molar-refractivity contribution in [3.63, 3.8) is 0 Å². The number of piperidine rings is 1. The molecular formula is C18H33IN4O2. The molecule has 2 aliphatic carbocycles. The number of guanidine groups is 1. The van der Waals surface area contributed by atoms with Crippen molar-refractivity contribution in [2.75, 3.05) is 26.7 Å². The number of nitrogens with two attached hydrogens (primary N) is 1. The number of carbonyl (C=O) groups is 1. The second-order valence-corrected chi connectivity index (χ2v) is 7.64. The van der Waals surface area contributed by atoms with Gasteiger partial charge in [-0.15, -0.1) is 24.0 Å². The minimum absolute atomic E-state index is 0. The summed E-state index contributed by atoms with van der Waals surface area (Å²) in [6, 6.07) is 0.470. The van der Waals surface area contributed by atoms with E-state index in [1.807, 2.05) is 7.05 Å². The van der Waals surface area contributed by atoms with Crippen LogP contribution >= 0.6 is 24.0 Å². The third-order valence-corrected chi connectivity index (χ3v) is 6.26. The van der Waals surface area contributed by atoms with Crippen LogP contribution in [-0.2, 0) is 9.53 Å². The Morgan fingerprint density at radius 3 is 2.72 bits per heavy atom. The fourth-order valence-corrected chi connectivity index (χ4v) is 4.80. The first-order chi connectivity index (χ1) is 11.6. The zero-order chi connectivity index (χ0) is 17.2. The number of aliphatic imine (C=N–C) groups is 1. The number of primary amides is 1. The van der Waals surface area contributed by atoms with Crippen molar-refractivity contribution >= 4 is 35.8 Å². The first-order valence-electron chi connectivity index (χ1n) is 9.47. The summed E-state index contributed by atoms with van der Waals surface area (Å²) in [5.74, 6) is 1.14. The van der Waals surface area contributed by atoms with E-state index in [4.69, 9.17) is 10.5 Å². The van der Waals surface area contributed by atoms with Gasteiger partial charge in [-0.05, 0) is 44.9 Å². The summed E-state index contributed by atoms with van der Waals surface area (Å²) in [5, 5.41) is 3.71. The standard InChI is InChI=1S/C18H32N4O2.HI/c1-3-24-15-11-14(18(15)7-5-8-18)21-17(20-2)22-9-4-6-13(12-22)10-16(19)23;/h13-15H,3-12H2,1-2H3,(H2,19,23)(H,20,21);1H. The van der Waals surface area contributed by atoms with Crippen LogP contribution in [0.3, 0.4) is 0 Å². The van der Waals surface area contributed by atoms with Gasteiger partial charge in [-0.25, -0.2) is 0 Å². The van der Waals surface area contributed by atoms with Crippen LogP contribution in [0.5, 0.6) is 0 Å². The minimum Gasteiger partial charge on any atom is -0.378 e. The quantitative estimate of drug-likeness (QED) is 0.371. The molecule has 3 fully saturated rings. The van der Waals surface area contributed by atoms with Crippen LogP contribution < -0.4 is 11.1 Å². The molecule has 0 radical (unpaired) electrons. The SMILES string of the molecule is CCOC1CC(NC(=NC)N2CCCC(CC(N)=O)C2)C12CCC2.I. The highest BCUT2D eigenvalue weighted by atomic mass is 127. The zero-order valence-electron chi connectivity index (χ0n) is 15.5. The van der Waals surface area contributed by atoms with Crippen molar-refractivity contribution in [1.82, 2.24) is 10.2 Å². The highest BCUT2D eigenvalue weighted by molar-refractivity contribution is 14.0. The van der Waals surface area contributed by atoms with Gasteiger partial charge < -0.3 is 20.7 Å². The number of ether oxygens (including phenoxy) is 1. The van der Waals surface area contributed by atoms with Gasteiger partial charge in [-0.1, -0.05) is 6.42 Å². The van der Waals surface area contributed by atoms with Crippen LogP contribution in [0.25, 0.3) is 0 Å². The van der Waals surface area contributed by atoms with Gasteiger partial charge in [0.05, 0.1) is 6.10 Å². The first-order valence-corrected chi connectivity index (χ1v) is 9.47. The number of hydrogen-bond acceptors (Lipinski definition) is 3. The highest BCUT2D eigenvalue weighted by Gasteiger charge is 2.59. The van der Waals surface area contributed by atoms with Crippen LogP contribution in [0.2, 0.25) is 0 Å². The Hall–Kier alpha value is -0.570. The van der Waals surface area contributed by atoms with E-state index in [0.717, 1.165) is 44.9 Å². The molecule has 7 heteroatoms. The van der Waals surface area contributed by atoms with Gasteiger partial charge in [-0.3, -0.25) is 9.79 Å². The molecule has 144 valence electrons. The molecule has 3 atom stereocenters. The summed E-state index contributed by atoms with van der Waals surface area (Å²) in [6.45, 7) is 4.76. The van der Waals surface area contributed by atoms with E-state index in [9.17, 15) is 4.79 Å². The van der Waals surface area contributed by atoms with E-state index >= 15 is 0 Å². The summed E-state index contributed by atoms with van der Waals surface area (Å²) in [6.07, 6.45) is 7.97. The summed E-state index contributed by atoms with van der Waals surface area (Å²) in [7, 11) is 1.85. The topological polar surface area (TPSA) is 79.9 Å². The monoisotopic (exact) mass is 464 g/mol. The molecule has 1 spiro atoms. The molecule has 1 amide bonds. The maximum absolute atomic E-state index is 11.2. The van der Waals surface area contributed by atoms with Crippen molar-refractivity contribution in [3.05, 3.63) is 0 Å². The molecule has 1 heterocycles. The Morgan fingerprint density at radius 1 is 1.40 bits per heavy atom. The largest absolute Gasteiger partial charge is 0.378 e. The number of nitrogens with one attached hydrogen (secondary N) is 1. The molecule has 1 aliphatic heterocycles. The summed E-state index contributed by atoms with van der Waals surface area (Å²) in [4.78, 5) is 18.0. The zero-order valence-corrected chi connectivity index (χ0v) is 17.8. The Labute approximate surface area is 168 Å². The molecule has 1 saturated heterocycles. The normalized spacial score (nSPS) is 30.9. The van der Waals surface area contributed by atoms with Gasteiger partial charge in [0.15, 0.2) is 5.96 Å². The van der Waals surface area contributed by atoms with E-state index in [0.29, 0.717) is 29.9 Å². The maximum Gasteiger partial charge on any atom is 0.217 e. The Morgan fingerprint density at radius 2 is 2.16 bits per heavy atom. The predicted molar refractivity (Wildman–Crippen MR) is 110 cm³/mol. The molecule has 3 rings (SSSR count). The average molecular weight is 464 g/mol. The lowest BCUT2D eigenvalue weighted by Gasteiger charge is -2.61. The summed E-state index contributed by atoms with van der Waals surface area (Å²) >= 11 is 0. The van der Waals surface area contributed by atoms with Gasteiger partial charge in [0, 0.05) is 44.6 Å². The molecule has 0 bridgehead atoms. The van der Waals surface area contributed by atoms with Crippen LogP contribution in [0.15, 0.2) is 4.99 Å². The minimum atomic E-state index is -0.197. The van der Waals surface area contributed by atoms with E-state index in [1.165, 1.54) is 19.3 Å². The molecule has 3 aliphatic rings. The van der Waals surface area contributed by atoms with Crippen LogP contribution in [0.4, 0.5) is 0 Å². The van der Waals surface area contributed by atoms with Crippen molar-refractivity contribution in [1.29, 1.82) is 0 Å². The molecule has 0 aromatic heterocycles. The fraction of sp³-hybridized carbons (Fsp3) is 0.889. The molecule has 0 aromatic carbocycles.